The zero-order valence-electron chi connectivity index (χ0n) is 13.1. The topological polar surface area (TPSA) is 21.3 Å². The van der Waals surface area contributed by atoms with E-state index < -0.39 is 0 Å². The molecular weight excluding hydrogens is 361 g/mol. The van der Waals surface area contributed by atoms with E-state index in [1.807, 2.05) is 36.4 Å². The minimum Gasteiger partial charge on any atom is -0.489 e. The molecule has 0 atom stereocenters. The van der Waals surface area contributed by atoms with Crippen molar-refractivity contribution in [3.63, 3.8) is 0 Å². The fourth-order valence-electron chi connectivity index (χ4n) is 2.19. The summed E-state index contributed by atoms with van der Waals surface area (Å²) in [5.41, 5.74) is 2.36. The monoisotopic (exact) mass is 379 g/mol. The molecule has 3 aromatic rings. The van der Waals surface area contributed by atoms with Crippen LogP contribution in [-0.2, 0) is 19.7 Å². The van der Waals surface area contributed by atoms with Gasteiger partial charge < -0.3 is 10.1 Å². The van der Waals surface area contributed by atoms with Crippen molar-refractivity contribution in [2.24, 2.45) is 0 Å². The maximum atomic E-state index is 5.87. The summed E-state index contributed by atoms with van der Waals surface area (Å²) in [6.07, 6.45) is 0. The normalized spacial score (nSPS) is 10.2. The summed E-state index contributed by atoms with van der Waals surface area (Å²) in [6.45, 7) is 2.31. The molecule has 0 saturated carbocycles. The smallest absolute Gasteiger partial charge is 0.119 e. The molecule has 0 aliphatic carbocycles. The molecule has 24 heavy (non-hydrogen) atoms. The van der Waals surface area contributed by atoms with Crippen molar-refractivity contribution in [3.8, 4) is 5.75 Å². The Bertz CT molecular complexity index is 712. The summed E-state index contributed by atoms with van der Waals surface area (Å²) >= 11 is 7.65. The van der Waals surface area contributed by atoms with Crippen LogP contribution in [0.15, 0.2) is 66.0 Å². The van der Waals surface area contributed by atoms with Gasteiger partial charge in [-0.15, -0.1) is 23.7 Å². The van der Waals surface area contributed by atoms with Crippen LogP contribution in [-0.4, -0.2) is 0 Å². The maximum absolute atomic E-state index is 5.87. The minimum absolute atomic E-state index is 0. The molecule has 1 N–H and O–H groups in total. The third-order valence-electron chi connectivity index (χ3n) is 3.45. The van der Waals surface area contributed by atoms with Gasteiger partial charge in [0.2, 0.25) is 0 Å². The molecule has 0 fully saturated rings. The average Bonchev–Trinajstić information content (AvgIpc) is 3.09. The Morgan fingerprint density at radius 1 is 0.875 bits per heavy atom. The van der Waals surface area contributed by atoms with E-state index in [1.54, 1.807) is 11.3 Å². The fourth-order valence-corrected chi connectivity index (χ4v) is 2.99. The Kier molecular flexibility index (Phi) is 7.60. The van der Waals surface area contributed by atoms with Crippen LogP contribution in [0.5, 0.6) is 5.75 Å². The van der Waals surface area contributed by atoms with Crippen molar-refractivity contribution in [2.45, 2.75) is 19.7 Å². The first-order valence-electron chi connectivity index (χ1n) is 7.49. The summed E-state index contributed by atoms with van der Waals surface area (Å²) in [5.74, 6) is 0.877. The highest BCUT2D eigenvalue weighted by Gasteiger charge is 1.99. The van der Waals surface area contributed by atoms with Gasteiger partial charge in [-0.1, -0.05) is 41.9 Å². The van der Waals surface area contributed by atoms with Crippen molar-refractivity contribution in [1.82, 2.24) is 5.32 Å². The third-order valence-corrected chi connectivity index (χ3v) is 4.58. The lowest BCUT2D eigenvalue weighted by atomic mass is 10.2. The molecule has 2 aromatic carbocycles. The van der Waals surface area contributed by atoms with E-state index in [0.717, 1.165) is 29.4 Å². The van der Waals surface area contributed by atoms with Gasteiger partial charge in [0.15, 0.2) is 0 Å². The van der Waals surface area contributed by atoms with Crippen LogP contribution in [0.25, 0.3) is 0 Å². The fraction of sp³-hybridized carbons (Fsp3) is 0.158. The SMILES string of the molecule is Cl.Clc1ccc(COc2ccc(CNCc3cccs3)cc2)cc1. The molecule has 126 valence electrons. The first-order chi connectivity index (χ1) is 11.3. The summed E-state index contributed by atoms with van der Waals surface area (Å²) in [7, 11) is 0. The second-order valence-electron chi connectivity index (χ2n) is 5.24. The second-order valence-corrected chi connectivity index (χ2v) is 6.71. The van der Waals surface area contributed by atoms with Crippen molar-refractivity contribution >= 4 is 35.3 Å². The lowest BCUT2D eigenvalue weighted by molar-refractivity contribution is 0.306. The van der Waals surface area contributed by atoms with Crippen LogP contribution < -0.4 is 10.1 Å². The minimum atomic E-state index is 0. The van der Waals surface area contributed by atoms with Crippen LogP contribution in [0.3, 0.4) is 0 Å². The first-order valence-corrected chi connectivity index (χ1v) is 8.75. The van der Waals surface area contributed by atoms with Crippen LogP contribution >= 0.6 is 35.3 Å². The summed E-state index contributed by atoms with van der Waals surface area (Å²) in [6, 6.07) is 20.1. The number of ether oxygens (including phenoxy) is 1. The van der Waals surface area contributed by atoms with E-state index in [2.05, 4.69) is 35.0 Å². The quantitative estimate of drug-likeness (QED) is 0.568. The van der Waals surface area contributed by atoms with Gasteiger partial charge in [-0.2, -0.15) is 0 Å². The predicted octanol–water partition coefficient (Wildman–Crippen LogP) is 5.69. The summed E-state index contributed by atoms with van der Waals surface area (Å²) in [5, 5.41) is 6.29. The van der Waals surface area contributed by atoms with Crippen molar-refractivity contribution in [2.75, 3.05) is 0 Å². The zero-order valence-corrected chi connectivity index (χ0v) is 15.5. The van der Waals surface area contributed by atoms with Crippen LogP contribution in [0.2, 0.25) is 5.02 Å². The molecule has 1 aromatic heterocycles. The van der Waals surface area contributed by atoms with Crippen molar-refractivity contribution in [1.29, 1.82) is 0 Å². The lowest BCUT2D eigenvalue weighted by Gasteiger charge is -2.08. The molecule has 0 bridgehead atoms. The number of halogens is 2. The highest BCUT2D eigenvalue weighted by Crippen LogP contribution is 2.16. The lowest BCUT2D eigenvalue weighted by Crippen LogP contribution is -2.11. The molecule has 0 amide bonds. The van der Waals surface area contributed by atoms with E-state index >= 15 is 0 Å². The molecule has 0 aliphatic heterocycles. The second kappa shape index (κ2) is 9.70. The van der Waals surface area contributed by atoms with Gasteiger partial charge in [-0.25, -0.2) is 0 Å². The summed E-state index contributed by atoms with van der Waals surface area (Å²) in [4.78, 5) is 1.35. The third kappa shape index (κ3) is 5.84. The molecule has 0 spiro atoms. The molecule has 0 saturated heterocycles. The number of hydrogen-bond acceptors (Lipinski definition) is 3. The van der Waals surface area contributed by atoms with E-state index in [1.165, 1.54) is 10.4 Å². The van der Waals surface area contributed by atoms with Gasteiger partial charge in [0, 0.05) is 23.0 Å². The molecular formula is C19H19Cl2NOS. The highest BCUT2D eigenvalue weighted by atomic mass is 35.5. The van der Waals surface area contributed by atoms with Gasteiger partial charge in [0.05, 0.1) is 0 Å². The predicted molar refractivity (Wildman–Crippen MR) is 104 cm³/mol. The molecule has 1 heterocycles. The molecule has 0 aliphatic rings. The Morgan fingerprint density at radius 3 is 2.25 bits per heavy atom. The molecule has 0 radical (unpaired) electrons. The van der Waals surface area contributed by atoms with Crippen molar-refractivity contribution in [3.05, 3.63) is 87.1 Å². The average molecular weight is 380 g/mol. The Labute approximate surface area is 157 Å². The number of nitrogens with one attached hydrogen (secondary N) is 1. The van der Waals surface area contributed by atoms with Gasteiger partial charge in [-0.3, -0.25) is 0 Å². The molecule has 0 unspecified atom stereocenters. The standard InChI is InChI=1S/C19H18ClNOS.ClH/c20-17-7-3-16(4-8-17)14-22-18-9-5-15(6-10-18)12-21-13-19-2-1-11-23-19;/h1-11,21H,12-14H2;1H. The van der Waals surface area contributed by atoms with Crippen LogP contribution in [0.4, 0.5) is 0 Å². The molecule has 3 rings (SSSR count). The highest BCUT2D eigenvalue weighted by molar-refractivity contribution is 7.09. The van der Waals surface area contributed by atoms with Crippen molar-refractivity contribution < 1.29 is 4.74 Å². The number of rotatable bonds is 7. The van der Waals surface area contributed by atoms with Crippen LogP contribution in [0, 0.1) is 0 Å². The maximum Gasteiger partial charge on any atom is 0.119 e. The Balaban J connectivity index is 0.00000208. The molecule has 5 heteroatoms. The first kappa shape index (κ1) is 18.8. The van der Waals surface area contributed by atoms with E-state index in [-0.39, 0.29) is 12.4 Å². The Morgan fingerprint density at radius 2 is 1.58 bits per heavy atom. The van der Waals surface area contributed by atoms with E-state index in [9.17, 15) is 0 Å². The van der Waals surface area contributed by atoms with Gasteiger partial charge in [0.1, 0.15) is 12.4 Å². The van der Waals surface area contributed by atoms with Gasteiger partial charge >= 0.3 is 0 Å². The van der Waals surface area contributed by atoms with Crippen LogP contribution in [0.1, 0.15) is 16.0 Å². The number of benzene rings is 2. The molecule has 2 nitrogen and oxygen atoms in total. The van der Waals surface area contributed by atoms with E-state index in [4.69, 9.17) is 16.3 Å². The van der Waals surface area contributed by atoms with E-state index in [0.29, 0.717) is 6.61 Å². The zero-order chi connectivity index (χ0) is 15.9. The Hall–Kier alpha value is -1.52. The number of thiophene rings is 1. The van der Waals surface area contributed by atoms with Gasteiger partial charge in [0.25, 0.3) is 0 Å². The summed E-state index contributed by atoms with van der Waals surface area (Å²) < 4.78 is 5.79. The largest absolute Gasteiger partial charge is 0.489 e. The number of hydrogen-bond donors (Lipinski definition) is 1. The van der Waals surface area contributed by atoms with Gasteiger partial charge in [-0.05, 0) is 46.8 Å².